The van der Waals surface area contributed by atoms with Gasteiger partial charge in [0.1, 0.15) is 0 Å². The minimum Gasteiger partial charge on any atom is -0.394 e. The summed E-state index contributed by atoms with van der Waals surface area (Å²) >= 11 is 0. The summed E-state index contributed by atoms with van der Waals surface area (Å²) in [4.78, 5) is 2.00. The monoisotopic (exact) mass is 222 g/mol. The van der Waals surface area contributed by atoms with Crippen molar-refractivity contribution in [1.82, 2.24) is 4.90 Å². The van der Waals surface area contributed by atoms with Gasteiger partial charge in [0, 0.05) is 19.4 Å². The van der Waals surface area contributed by atoms with E-state index < -0.39 is 8.56 Å². The van der Waals surface area contributed by atoms with Gasteiger partial charge in [0.2, 0.25) is 0 Å². The van der Waals surface area contributed by atoms with E-state index in [0.717, 1.165) is 0 Å². The molecule has 4 nitrogen and oxygen atoms in total. The Morgan fingerprint density at radius 2 is 1.36 bits per heavy atom. The third kappa shape index (κ3) is 12.1. The zero-order valence-corrected chi connectivity index (χ0v) is 11.5. The van der Waals surface area contributed by atoms with Crippen LogP contribution in [-0.2, 0) is 8.85 Å². The van der Waals surface area contributed by atoms with Crippen molar-refractivity contribution in [3.05, 3.63) is 0 Å². The van der Waals surface area contributed by atoms with E-state index in [1.54, 1.807) is 0 Å². The van der Waals surface area contributed by atoms with Crippen molar-refractivity contribution < 1.29 is 8.85 Å². The van der Waals surface area contributed by atoms with E-state index in [2.05, 4.69) is 0 Å². The molecule has 0 atom stereocenters. The molecule has 0 aliphatic rings. The second-order valence-electron chi connectivity index (χ2n) is 3.55. The van der Waals surface area contributed by atoms with E-state index in [0.29, 0.717) is 19.4 Å². The summed E-state index contributed by atoms with van der Waals surface area (Å²) in [5, 5.41) is 0. The van der Waals surface area contributed by atoms with Crippen LogP contribution in [0.15, 0.2) is 0 Å². The number of hydrogen-bond acceptors (Lipinski definition) is 4. The lowest BCUT2D eigenvalue weighted by atomic mass is 10.9. The normalized spacial score (nSPS) is 11.1. The van der Waals surface area contributed by atoms with Crippen molar-refractivity contribution in [2.45, 2.75) is 20.4 Å². The number of rotatable bonds is 5. The molecule has 0 aliphatic carbocycles. The highest BCUT2D eigenvalue weighted by molar-refractivity contribution is 6.66. The number of hydrogen-bond donors (Lipinski definition) is 1. The summed E-state index contributed by atoms with van der Waals surface area (Å²) in [6.07, 6.45) is 0.536. The van der Waals surface area contributed by atoms with E-state index in [-0.39, 0.29) is 0 Å². The molecule has 0 aromatic heterocycles. The van der Waals surface area contributed by atoms with Crippen LogP contribution in [0.3, 0.4) is 0 Å². The average Bonchev–Trinajstić information content (AvgIpc) is 2.04. The predicted molar refractivity (Wildman–Crippen MR) is 63.5 cm³/mol. The van der Waals surface area contributed by atoms with Crippen LogP contribution in [-0.4, -0.2) is 54.0 Å². The first kappa shape index (κ1) is 16.5. The van der Waals surface area contributed by atoms with Crippen LogP contribution in [0.4, 0.5) is 0 Å². The second kappa shape index (κ2) is 9.61. The first-order valence-electron chi connectivity index (χ1n) is 5.00. The molecule has 0 aliphatic heterocycles. The zero-order valence-electron chi connectivity index (χ0n) is 10.5. The van der Waals surface area contributed by atoms with Crippen molar-refractivity contribution in [2.75, 3.05) is 40.5 Å². The molecule has 0 spiro atoms. The Bertz CT molecular complexity index is 115. The van der Waals surface area contributed by atoms with Crippen molar-refractivity contribution in [3.63, 3.8) is 0 Å². The highest BCUT2D eigenvalue weighted by Crippen LogP contribution is 2.03. The van der Waals surface area contributed by atoms with Crippen molar-refractivity contribution >= 4 is 8.56 Å². The van der Waals surface area contributed by atoms with Crippen molar-refractivity contribution in [1.29, 1.82) is 0 Å². The van der Waals surface area contributed by atoms with Crippen LogP contribution in [0, 0.1) is 0 Å². The summed E-state index contributed by atoms with van der Waals surface area (Å²) in [5.74, 6) is 0. The van der Waals surface area contributed by atoms with Gasteiger partial charge in [0.25, 0.3) is 0 Å². The Balaban J connectivity index is 0. The van der Waals surface area contributed by atoms with Gasteiger partial charge in [-0.1, -0.05) is 0 Å². The maximum Gasteiger partial charge on any atom is 0.348 e. The van der Waals surface area contributed by atoms with E-state index in [4.69, 9.17) is 14.6 Å². The van der Waals surface area contributed by atoms with Crippen molar-refractivity contribution in [3.8, 4) is 0 Å². The Morgan fingerprint density at radius 3 is 1.50 bits per heavy atom. The summed E-state index contributed by atoms with van der Waals surface area (Å²) in [6, 6.07) is 0. The number of nitrogens with two attached hydrogens (primary N) is 1. The lowest BCUT2D eigenvalue weighted by molar-refractivity contribution is 0.190. The predicted octanol–water partition coefficient (Wildman–Crippen LogP) is 0.807. The average molecular weight is 222 g/mol. The first-order valence-corrected chi connectivity index (χ1v) is 7.53. The van der Waals surface area contributed by atoms with Gasteiger partial charge in [-0.25, -0.2) is 0 Å². The summed E-state index contributed by atoms with van der Waals surface area (Å²) in [5.41, 5.74) is 5.49. The fourth-order valence-electron chi connectivity index (χ4n) is 0.770. The molecule has 0 fully saturated rings. The molecule has 0 saturated heterocycles. The van der Waals surface area contributed by atoms with Gasteiger partial charge in [-0.05, 0) is 41.5 Å². The summed E-state index contributed by atoms with van der Waals surface area (Å²) in [7, 11) is 4.05. The van der Waals surface area contributed by atoms with Gasteiger partial charge >= 0.3 is 8.56 Å². The Labute approximate surface area is 89.6 Å². The molecule has 5 heteroatoms. The van der Waals surface area contributed by atoms with Crippen LogP contribution >= 0.6 is 0 Å². The molecule has 14 heavy (non-hydrogen) atoms. The Kier molecular flexibility index (Phi) is 11.3. The highest BCUT2D eigenvalue weighted by Gasteiger charge is 2.28. The molecule has 88 valence electrons. The summed E-state index contributed by atoms with van der Waals surface area (Å²) < 4.78 is 10.8. The Morgan fingerprint density at radius 1 is 1.07 bits per heavy atom. The highest BCUT2D eigenvalue weighted by atomic mass is 28.4. The van der Waals surface area contributed by atoms with E-state index in [1.165, 1.54) is 0 Å². The molecule has 2 N–H and O–H groups in total. The molecule has 0 heterocycles. The molecule has 0 aromatic carbocycles. The third-order valence-corrected chi connectivity index (χ3v) is 3.81. The standard InChI is InChI=1S/C6H17NO2Si.C3H9N/c1-4-8-10(3,6-7)9-5-2;1-4(2)3/h4-7H2,1-3H3;1-3H3. The van der Waals surface area contributed by atoms with Gasteiger partial charge in [0.15, 0.2) is 0 Å². The minimum absolute atomic E-state index is 0.536. The van der Waals surface area contributed by atoms with E-state index in [9.17, 15) is 0 Å². The molecule has 0 radical (unpaired) electrons. The van der Waals surface area contributed by atoms with Crippen molar-refractivity contribution in [2.24, 2.45) is 5.73 Å². The topological polar surface area (TPSA) is 47.7 Å². The van der Waals surface area contributed by atoms with Crippen LogP contribution in [0.25, 0.3) is 0 Å². The molecular weight excluding hydrogens is 196 g/mol. The molecule has 0 unspecified atom stereocenters. The summed E-state index contributed by atoms with van der Waals surface area (Å²) in [6.45, 7) is 7.29. The molecule has 0 bridgehead atoms. The molecule has 0 amide bonds. The third-order valence-electron chi connectivity index (χ3n) is 1.27. The van der Waals surface area contributed by atoms with Crippen LogP contribution in [0.2, 0.25) is 6.55 Å². The second-order valence-corrected chi connectivity index (χ2v) is 6.80. The molecule has 0 rings (SSSR count). The van der Waals surface area contributed by atoms with Gasteiger partial charge in [-0.15, -0.1) is 0 Å². The Hall–Kier alpha value is 0.0569. The first-order chi connectivity index (χ1) is 6.41. The van der Waals surface area contributed by atoms with Gasteiger partial charge in [0.05, 0.1) is 0 Å². The SMILES string of the molecule is CCO[Si](C)(CN)OCC.CN(C)C. The smallest absolute Gasteiger partial charge is 0.348 e. The maximum absolute atomic E-state index is 5.49. The lowest BCUT2D eigenvalue weighted by Gasteiger charge is -2.23. The minimum atomic E-state index is -1.95. The quantitative estimate of drug-likeness (QED) is 0.699. The fourth-order valence-corrected chi connectivity index (χ4v) is 2.31. The van der Waals surface area contributed by atoms with Crippen LogP contribution < -0.4 is 5.73 Å². The molecular formula is C9H26N2O2Si. The van der Waals surface area contributed by atoms with Crippen LogP contribution in [0.1, 0.15) is 13.8 Å². The van der Waals surface area contributed by atoms with E-state index >= 15 is 0 Å². The van der Waals surface area contributed by atoms with Gasteiger partial charge in [-0.2, -0.15) is 0 Å². The van der Waals surface area contributed by atoms with E-state index in [1.807, 2.05) is 46.4 Å². The largest absolute Gasteiger partial charge is 0.394 e. The van der Waals surface area contributed by atoms with Gasteiger partial charge < -0.3 is 19.5 Å². The maximum atomic E-state index is 5.49. The number of nitrogens with zero attached hydrogens (tertiary/aromatic N) is 1. The lowest BCUT2D eigenvalue weighted by Crippen LogP contribution is -2.46. The molecule has 0 aromatic rings. The zero-order chi connectivity index (χ0) is 11.6. The molecule has 0 saturated carbocycles. The van der Waals surface area contributed by atoms with Gasteiger partial charge in [-0.3, -0.25) is 0 Å². The van der Waals surface area contributed by atoms with Crippen LogP contribution in [0.5, 0.6) is 0 Å². The fraction of sp³-hybridized carbons (Fsp3) is 1.00.